The highest BCUT2D eigenvalue weighted by atomic mass is 19.4. The van der Waals surface area contributed by atoms with Gasteiger partial charge in [-0.2, -0.15) is 52.7 Å². The van der Waals surface area contributed by atoms with Crippen LogP contribution in [0.25, 0.3) is 0 Å². The summed E-state index contributed by atoms with van der Waals surface area (Å²) in [5.41, 5.74) is -20.8. The van der Waals surface area contributed by atoms with Crippen LogP contribution >= 0.6 is 0 Å². The summed E-state index contributed by atoms with van der Waals surface area (Å²) in [6, 6.07) is -1.45. The van der Waals surface area contributed by atoms with Crippen LogP contribution in [0.5, 0.6) is 0 Å². The molecule has 0 aliphatic rings. The van der Waals surface area contributed by atoms with Crippen molar-refractivity contribution in [2.75, 3.05) is 0 Å². The molecule has 30 heavy (non-hydrogen) atoms. The van der Waals surface area contributed by atoms with Crippen molar-refractivity contribution < 1.29 is 68.0 Å². The molecule has 0 fully saturated rings. The normalized spacial score (nSPS) is 15.5. The second-order valence-electron chi connectivity index (χ2n) is 6.77. The molecule has 0 unspecified atom stereocenters. The minimum Gasteiger partial charge on any atom is -0.386 e. The Balaban J connectivity index is 4.19. The van der Waals surface area contributed by atoms with Crippen LogP contribution in [0.4, 0.5) is 52.7 Å². The monoisotopic (exact) mass is 468 g/mol. The van der Waals surface area contributed by atoms with Crippen LogP contribution in [0.3, 0.4) is 0 Å². The van der Waals surface area contributed by atoms with Gasteiger partial charge in [-0.05, 0) is 37.6 Å². The van der Waals surface area contributed by atoms with E-state index in [2.05, 4.69) is 0 Å². The molecular formula is C15H12F12O3. The smallest absolute Gasteiger partial charge is 0.386 e. The van der Waals surface area contributed by atoms with Crippen LogP contribution in [-0.2, 0) is 16.8 Å². The average molecular weight is 468 g/mol. The third-order valence-corrected chi connectivity index (χ3v) is 4.12. The van der Waals surface area contributed by atoms with Crippen molar-refractivity contribution in [3.63, 3.8) is 0 Å². The van der Waals surface area contributed by atoms with Gasteiger partial charge in [0.15, 0.2) is 0 Å². The van der Waals surface area contributed by atoms with Gasteiger partial charge in [-0.3, -0.25) is 0 Å². The maximum atomic E-state index is 13.1. The fraction of sp³-hybridized carbons (Fsp3) is 0.600. The molecule has 174 valence electrons. The zero-order chi connectivity index (χ0) is 24.4. The molecule has 1 aromatic carbocycles. The summed E-state index contributed by atoms with van der Waals surface area (Å²) in [6.45, 7) is 1.24. The van der Waals surface area contributed by atoms with Crippen molar-refractivity contribution in [2.24, 2.45) is 0 Å². The largest absolute Gasteiger partial charge is 0.430 e. The van der Waals surface area contributed by atoms with E-state index in [4.69, 9.17) is 0 Å². The molecule has 0 spiro atoms. The van der Waals surface area contributed by atoms with Crippen molar-refractivity contribution in [1.29, 1.82) is 0 Å². The SMILES string of the molecule is CC(C)(O)c1cc(C(O)(C(F)(F)F)C(F)(F)F)cc(C(O)(C(F)(F)F)C(F)(F)F)c1. The number of halogens is 12. The predicted molar refractivity (Wildman–Crippen MR) is 73.7 cm³/mol. The van der Waals surface area contributed by atoms with E-state index in [0.717, 1.165) is 0 Å². The van der Waals surface area contributed by atoms with E-state index in [1.807, 2.05) is 0 Å². The van der Waals surface area contributed by atoms with Crippen LogP contribution in [0.1, 0.15) is 30.5 Å². The molecule has 1 aromatic rings. The fourth-order valence-corrected chi connectivity index (χ4v) is 2.37. The number of aliphatic hydroxyl groups is 3. The topological polar surface area (TPSA) is 60.7 Å². The lowest BCUT2D eigenvalue weighted by atomic mass is 9.81. The average Bonchev–Trinajstić information content (AvgIpc) is 2.47. The second-order valence-corrected chi connectivity index (χ2v) is 6.77. The first-order valence-electron chi connectivity index (χ1n) is 7.42. The number of rotatable bonds is 3. The molecule has 0 aliphatic carbocycles. The van der Waals surface area contributed by atoms with E-state index in [9.17, 15) is 68.0 Å². The van der Waals surface area contributed by atoms with Gasteiger partial charge in [-0.15, -0.1) is 0 Å². The third kappa shape index (κ3) is 4.06. The molecule has 3 N–H and O–H groups in total. The van der Waals surface area contributed by atoms with Gasteiger partial charge in [0.1, 0.15) is 0 Å². The van der Waals surface area contributed by atoms with Gasteiger partial charge in [-0.1, -0.05) is 0 Å². The van der Waals surface area contributed by atoms with Crippen molar-refractivity contribution >= 4 is 0 Å². The van der Waals surface area contributed by atoms with Gasteiger partial charge in [0.25, 0.3) is 11.2 Å². The van der Waals surface area contributed by atoms with E-state index >= 15 is 0 Å². The van der Waals surface area contributed by atoms with Crippen LogP contribution in [0.15, 0.2) is 18.2 Å². The van der Waals surface area contributed by atoms with E-state index in [0.29, 0.717) is 13.8 Å². The fourth-order valence-electron chi connectivity index (χ4n) is 2.37. The summed E-state index contributed by atoms with van der Waals surface area (Å²) in [6.07, 6.45) is -26.6. The van der Waals surface area contributed by atoms with E-state index in [1.54, 1.807) is 0 Å². The molecule has 0 saturated heterocycles. The Morgan fingerprint density at radius 1 is 0.467 bits per heavy atom. The Morgan fingerprint density at radius 2 is 0.667 bits per heavy atom. The van der Waals surface area contributed by atoms with Gasteiger partial charge in [0.2, 0.25) is 0 Å². The number of benzene rings is 1. The number of alkyl halides is 12. The Hall–Kier alpha value is -1.74. The Morgan fingerprint density at radius 3 is 0.833 bits per heavy atom. The maximum Gasteiger partial charge on any atom is 0.430 e. The number of hydrogen-bond donors (Lipinski definition) is 3. The van der Waals surface area contributed by atoms with Crippen LogP contribution < -0.4 is 0 Å². The standard InChI is InChI=1S/C15H12F12O3/c1-9(2,28)6-3-7(10(29,12(16,17)18)13(19,20)21)5-8(4-6)11(30,14(22,23)24)15(25,26)27/h3-5,28-30H,1-2H3. The highest BCUT2D eigenvalue weighted by molar-refractivity contribution is 5.41. The molecule has 1 rings (SSSR count). The van der Waals surface area contributed by atoms with Gasteiger partial charge in [-0.25, -0.2) is 0 Å². The van der Waals surface area contributed by atoms with Crippen LogP contribution in [0.2, 0.25) is 0 Å². The van der Waals surface area contributed by atoms with Crippen LogP contribution in [0, 0.1) is 0 Å². The molecule has 0 aliphatic heterocycles. The maximum absolute atomic E-state index is 13.1. The van der Waals surface area contributed by atoms with Gasteiger partial charge >= 0.3 is 24.7 Å². The summed E-state index contributed by atoms with van der Waals surface area (Å²) in [5, 5.41) is 28.5. The number of hydrogen-bond acceptors (Lipinski definition) is 3. The molecule has 0 amide bonds. The Bertz CT molecular complexity index is 696. The first-order chi connectivity index (χ1) is 12.8. The van der Waals surface area contributed by atoms with Gasteiger partial charge in [0, 0.05) is 11.1 Å². The zero-order valence-corrected chi connectivity index (χ0v) is 14.6. The van der Waals surface area contributed by atoms with Crippen LogP contribution in [-0.4, -0.2) is 40.0 Å². The lowest BCUT2D eigenvalue weighted by Gasteiger charge is -2.37. The molecule has 0 atom stereocenters. The van der Waals surface area contributed by atoms with Crippen molar-refractivity contribution in [3.05, 3.63) is 34.9 Å². The summed E-state index contributed by atoms with van der Waals surface area (Å²) in [5.74, 6) is 0. The minimum atomic E-state index is -6.66. The lowest BCUT2D eigenvalue weighted by Crippen LogP contribution is -2.56. The van der Waals surface area contributed by atoms with Crippen molar-refractivity contribution in [3.8, 4) is 0 Å². The quantitative estimate of drug-likeness (QED) is 0.572. The molecule has 0 aromatic heterocycles. The molecule has 0 saturated carbocycles. The summed E-state index contributed by atoms with van der Waals surface area (Å²) in [4.78, 5) is 0. The Labute approximate surface area is 159 Å². The molecule has 0 radical (unpaired) electrons. The second kappa shape index (κ2) is 6.88. The predicted octanol–water partition coefficient (Wildman–Crippen LogP) is 4.54. The van der Waals surface area contributed by atoms with Gasteiger partial charge < -0.3 is 15.3 Å². The highest BCUT2D eigenvalue weighted by Crippen LogP contribution is 2.54. The van der Waals surface area contributed by atoms with E-state index in [1.165, 1.54) is 0 Å². The minimum absolute atomic E-state index is 0.266. The molecular weight excluding hydrogens is 456 g/mol. The molecule has 0 bridgehead atoms. The Kier molecular flexibility index (Phi) is 6.03. The molecule has 15 heteroatoms. The first kappa shape index (κ1) is 26.3. The highest BCUT2D eigenvalue weighted by Gasteiger charge is 2.74. The summed E-state index contributed by atoms with van der Waals surface area (Å²) in [7, 11) is 0. The van der Waals surface area contributed by atoms with E-state index in [-0.39, 0.29) is 12.1 Å². The summed E-state index contributed by atoms with van der Waals surface area (Å²) < 4.78 is 157. The van der Waals surface area contributed by atoms with Crippen molar-refractivity contribution in [2.45, 2.75) is 55.4 Å². The third-order valence-electron chi connectivity index (χ3n) is 4.12. The summed E-state index contributed by atoms with van der Waals surface area (Å²) >= 11 is 0. The van der Waals surface area contributed by atoms with Crippen molar-refractivity contribution in [1.82, 2.24) is 0 Å². The molecule has 0 heterocycles. The lowest BCUT2D eigenvalue weighted by molar-refractivity contribution is -0.378. The van der Waals surface area contributed by atoms with E-state index < -0.39 is 64.3 Å². The zero-order valence-electron chi connectivity index (χ0n) is 14.6. The first-order valence-corrected chi connectivity index (χ1v) is 7.42. The molecule has 3 nitrogen and oxygen atoms in total. The van der Waals surface area contributed by atoms with Gasteiger partial charge in [0.05, 0.1) is 5.60 Å².